The summed E-state index contributed by atoms with van der Waals surface area (Å²) in [6.07, 6.45) is 0. The van der Waals surface area contributed by atoms with Crippen LogP contribution in [0.25, 0.3) is 10.2 Å². The van der Waals surface area contributed by atoms with E-state index in [-0.39, 0.29) is 12.5 Å². The topological polar surface area (TPSA) is 78.8 Å². The third-order valence-electron chi connectivity index (χ3n) is 3.88. The third kappa shape index (κ3) is 3.36. The highest BCUT2D eigenvalue weighted by Crippen LogP contribution is 2.30. The SMILES string of the molecule is COC(=O)c1cc2ccsc2n1CC(=O)Nc1ccc(OC)cc1OC. The van der Waals surface area contributed by atoms with E-state index in [4.69, 9.17) is 14.2 Å². The number of anilines is 1. The molecule has 2 heterocycles. The molecule has 3 aromatic rings. The zero-order valence-corrected chi connectivity index (χ0v) is 15.4. The largest absolute Gasteiger partial charge is 0.497 e. The van der Waals surface area contributed by atoms with Gasteiger partial charge in [0.25, 0.3) is 0 Å². The predicted molar refractivity (Wildman–Crippen MR) is 99.3 cm³/mol. The minimum Gasteiger partial charge on any atom is -0.497 e. The van der Waals surface area contributed by atoms with Gasteiger partial charge in [-0.25, -0.2) is 4.79 Å². The van der Waals surface area contributed by atoms with Gasteiger partial charge in [-0.2, -0.15) is 0 Å². The number of carbonyl (C=O) groups is 2. The van der Waals surface area contributed by atoms with E-state index in [2.05, 4.69) is 5.32 Å². The third-order valence-corrected chi connectivity index (χ3v) is 4.83. The van der Waals surface area contributed by atoms with Gasteiger partial charge in [0.15, 0.2) is 0 Å². The van der Waals surface area contributed by atoms with E-state index in [0.29, 0.717) is 22.9 Å². The summed E-state index contributed by atoms with van der Waals surface area (Å²) >= 11 is 1.46. The summed E-state index contributed by atoms with van der Waals surface area (Å²) < 4.78 is 16.9. The number of nitrogens with zero attached hydrogens (tertiary/aromatic N) is 1. The molecule has 0 radical (unpaired) electrons. The molecular formula is C18H18N2O5S. The van der Waals surface area contributed by atoms with Crippen molar-refractivity contribution in [2.45, 2.75) is 6.54 Å². The van der Waals surface area contributed by atoms with Crippen LogP contribution in [0.2, 0.25) is 0 Å². The number of esters is 1. The summed E-state index contributed by atoms with van der Waals surface area (Å²) in [6.45, 7) is -0.0242. The Balaban J connectivity index is 1.86. The normalized spacial score (nSPS) is 10.6. The Morgan fingerprint density at radius 3 is 2.62 bits per heavy atom. The van der Waals surface area contributed by atoms with E-state index in [0.717, 1.165) is 10.2 Å². The lowest BCUT2D eigenvalue weighted by atomic mass is 10.2. The van der Waals surface area contributed by atoms with Crippen molar-refractivity contribution in [3.63, 3.8) is 0 Å². The van der Waals surface area contributed by atoms with Gasteiger partial charge < -0.3 is 24.1 Å². The van der Waals surface area contributed by atoms with Crippen LogP contribution in [0, 0.1) is 0 Å². The highest BCUT2D eigenvalue weighted by molar-refractivity contribution is 7.16. The monoisotopic (exact) mass is 374 g/mol. The lowest BCUT2D eigenvalue weighted by Gasteiger charge is -2.13. The standard InChI is InChI=1S/C18H18N2O5S/c1-23-12-4-5-13(15(9-12)24-2)19-16(21)10-20-14(18(22)25-3)8-11-6-7-26-17(11)20/h4-9H,10H2,1-3H3,(H,19,21). The Morgan fingerprint density at radius 1 is 1.12 bits per heavy atom. The average molecular weight is 374 g/mol. The Hall–Kier alpha value is -3.00. The number of rotatable bonds is 6. The van der Waals surface area contributed by atoms with Crippen molar-refractivity contribution < 1.29 is 23.8 Å². The van der Waals surface area contributed by atoms with Crippen LogP contribution in [-0.4, -0.2) is 37.8 Å². The number of amides is 1. The first-order valence-electron chi connectivity index (χ1n) is 7.74. The minimum absolute atomic E-state index is 0.0242. The second kappa shape index (κ2) is 7.49. The number of hydrogen-bond donors (Lipinski definition) is 1. The molecule has 0 bridgehead atoms. The fourth-order valence-corrected chi connectivity index (χ4v) is 3.54. The number of hydrogen-bond acceptors (Lipinski definition) is 6. The maximum Gasteiger partial charge on any atom is 0.354 e. The first kappa shape index (κ1) is 17.8. The molecule has 0 aliphatic rings. The summed E-state index contributed by atoms with van der Waals surface area (Å²) in [7, 11) is 4.39. The van der Waals surface area contributed by atoms with E-state index >= 15 is 0 Å². The molecule has 2 aromatic heterocycles. The number of ether oxygens (including phenoxy) is 3. The number of nitrogens with one attached hydrogen (secondary N) is 1. The summed E-state index contributed by atoms with van der Waals surface area (Å²) in [6, 6.07) is 8.73. The van der Waals surface area contributed by atoms with Crippen LogP contribution in [0.5, 0.6) is 11.5 Å². The highest BCUT2D eigenvalue weighted by atomic mass is 32.1. The zero-order valence-electron chi connectivity index (χ0n) is 14.6. The van der Waals surface area contributed by atoms with Crippen molar-refractivity contribution in [3.05, 3.63) is 41.4 Å². The Labute approximate surface area is 154 Å². The maximum atomic E-state index is 12.6. The summed E-state index contributed by atoms with van der Waals surface area (Å²) in [5.41, 5.74) is 0.860. The Bertz CT molecular complexity index is 960. The molecule has 1 amide bonds. The van der Waals surface area contributed by atoms with Crippen LogP contribution in [0.3, 0.4) is 0 Å². The molecular weight excluding hydrogens is 356 g/mol. The van der Waals surface area contributed by atoms with Gasteiger partial charge in [-0.05, 0) is 29.6 Å². The first-order chi connectivity index (χ1) is 12.6. The van der Waals surface area contributed by atoms with Crippen LogP contribution in [0.1, 0.15) is 10.5 Å². The highest BCUT2D eigenvalue weighted by Gasteiger charge is 2.19. The molecule has 0 saturated carbocycles. The molecule has 0 atom stereocenters. The van der Waals surface area contributed by atoms with E-state index < -0.39 is 5.97 Å². The van der Waals surface area contributed by atoms with Crippen molar-refractivity contribution in [2.75, 3.05) is 26.6 Å². The van der Waals surface area contributed by atoms with Crippen molar-refractivity contribution in [2.24, 2.45) is 0 Å². The lowest BCUT2D eigenvalue weighted by Crippen LogP contribution is -2.21. The van der Waals surface area contributed by atoms with Crippen LogP contribution in [0.15, 0.2) is 35.7 Å². The van der Waals surface area contributed by atoms with Crippen molar-refractivity contribution >= 4 is 39.1 Å². The molecule has 0 unspecified atom stereocenters. The number of benzene rings is 1. The quantitative estimate of drug-likeness (QED) is 0.671. The second-order valence-electron chi connectivity index (χ2n) is 5.40. The molecule has 1 N–H and O–H groups in total. The molecule has 0 aliphatic carbocycles. The van der Waals surface area contributed by atoms with Gasteiger partial charge in [-0.3, -0.25) is 4.79 Å². The van der Waals surface area contributed by atoms with Gasteiger partial charge in [0, 0.05) is 11.5 Å². The van der Waals surface area contributed by atoms with Crippen LogP contribution < -0.4 is 14.8 Å². The molecule has 7 nitrogen and oxygen atoms in total. The first-order valence-corrected chi connectivity index (χ1v) is 8.62. The zero-order chi connectivity index (χ0) is 18.7. The predicted octanol–water partition coefficient (Wildman–Crippen LogP) is 3.15. The van der Waals surface area contributed by atoms with Gasteiger partial charge in [-0.1, -0.05) is 0 Å². The van der Waals surface area contributed by atoms with Crippen LogP contribution >= 0.6 is 11.3 Å². The number of methoxy groups -OCH3 is 3. The van der Waals surface area contributed by atoms with Crippen molar-refractivity contribution in [3.8, 4) is 11.5 Å². The molecule has 0 spiro atoms. The summed E-state index contributed by atoms with van der Waals surface area (Å²) in [4.78, 5) is 25.4. The Morgan fingerprint density at radius 2 is 1.92 bits per heavy atom. The van der Waals surface area contributed by atoms with Gasteiger partial charge in [0.2, 0.25) is 5.91 Å². The summed E-state index contributed by atoms with van der Waals surface area (Å²) in [5, 5.41) is 5.61. The maximum absolute atomic E-state index is 12.6. The van der Waals surface area contributed by atoms with Crippen molar-refractivity contribution in [1.82, 2.24) is 4.57 Å². The van der Waals surface area contributed by atoms with Crippen molar-refractivity contribution in [1.29, 1.82) is 0 Å². The van der Waals surface area contributed by atoms with E-state index in [1.54, 1.807) is 35.9 Å². The molecule has 0 fully saturated rings. The molecule has 0 saturated heterocycles. The number of carbonyl (C=O) groups excluding carboxylic acids is 2. The Kier molecular flexibility index (Phi) is 5.13. The van der Waals surface area contributed by atoms with Gasteiger partial charge >= 0.3 is 5.97 Å². The molecule has 1 aromatic carbocycles. The van der Waals surface area contributed by atoms with Crippen LogP contribution in [-0.2, 0) is 16.1 Å². The number of aromatic nitrogens is 1. The van der Waals surface area contributed by atoms with E-state index in [1.807, 2.05) is 11.4 Å². The van der Waals surface area contributed by atoms with E-state index in [9.17, 15) is 9.59 Å². The minimum atomic E-state index is -0.483. The smallest absolute Gasteiger partial charge is 0.354 e. The number of fused-ring (bicyclic) bond motifs is 1. The second-order valence-corrected chi connectivity index (χ2v) is 6.30. The molecule has 0 aliphatic heterocycles. The molecule has 26 heavy (non-hydrogen) atoms. The lowest BCUT2D eigenvalue weighted by molar-refractivity contribution is -0.116. The fourth-order valence-electron chi connectivity index (χ4n) is 2.64. The fraction of sp³-hybridized carbons (Fsp3) is 0.222. The van der Waals surface area contributed by atoms with Gasteiger partial charge in [0.05, 0.1) is 27.0 Å². The van der Waals surface area contributed by atoms with Gasteiger partial charge in [-0.15, -0.1) is 11.3 Å². The van der Waals surface area contributed by atoms with Gasteiger partial charge in [0.1, 0.15) is 28.6 Å². The molecule has 136 valence electrons. The number of thiophene rings is 1. The average Bonchev–Trinajstić information content (AvgIpc) is 3.24. The molecule has 3 rings (SSSR count). The molecule has 8 heteroatoms. The summed E-state index contributed by atoms with van der Waals surface area (Å²) in [5.74, 6) is 0.339. The van der Waals surface area contributed by atoms with Crippen LogP contribution in [0.4, 0.5) is 5.69 Å². The van der Waals surface area contributed by atoms with E-state index in [1.165, 1.54) is 25.6 Å².